The first-order valence-corrected chi connectivity index (χ1v) is 12.3. The minimum Gasteiger partial charge on any atom is -0.493 e. The second-order valence-electron chi connectivity index (χ2n) is 8.87. The summed E-state index contributed by atoms with van der Waals surface area (Å²) in [5.74, 6) is 3.38. The molecular weight excluding hydrogens is 485 g/mol. The minimum atomic E-state index is 0.0393. The standard InChI is InChI=1S/C28H31Cl2NO4/c1-16-17(2)28(19-8-10-24(33-4)26(12-19)35-6)31(22-14-20(29)13-21(30)15-22)27(16)18-7-9-23(32-3)25(11-18)34-5/h7-17,27-28H,1-6H3/t16-,17-,27-,28-/m1/s1. The van der Waals surface area contributed by atoms with Gasteiger partial charge in [0.1, 0.15) is 0 Å². The van der Waals surface area contributed by atoms with Crippen LogP contribution in [0.5, 0.6) is 23.0 Å². The number of ether oxygens (including phenoxy) is 4. The van der Waals surface area contributed by atoms with E-state index in [-0.39, 0.29) is 12.1 Å². The van der Waals surface area contributed by atoms with Gasteiger partial charge in [-0.15, -0.1) is 0 Å². The van der Waals surface area contributed by atoms with Gasteiger partial charge in [0.05, 0.1) is 40.5 Å². The highest BCUT2D eigenvalue weighted by atomic mass is 35.5. The molecule has 1 aliphatic rings. The van der Waals surface area contributed by atoms with Crippen LogP contribution < -0.4 is 23.8 Å². The lowest BCUT2D eigenvalue weighted by atomic mass is 9.85. The van der Waals surface area contributed by atoms with Crippen LogP contribution in [0.2, 0.25) is 10.0 Å². The molecule has 1 fully saturated rings. The van der Waals surface area contributed by atoms with Crippen molar-refractivity contribution in [3.05, 3.63) is 75.8 Å². The molecule has 0 radical (unpaired) electrons. The number of hydrogen-bond donors (Lipinski definition) is 0. The number of nitrogens with zero attached hydrogens (tertiary/aromatic N) is 1. The highest BCUT2D eigenvalue weighted by Gasteiger charge is 2.46. The summed E-state index contributed by atoms with van der Waals surface area (Å²) in [4.78, 5) is 2.41. The van der Waals surface area contributed by atoms with Crippen molar-refractivity contribution >= 4 is 28.9 Å². The van der Waals surface area contributed by atoms with Crippen LogP contribution in [0.15, 0.2) is 54.6 Å². The molecule has 3 aromatic carbocycles. The lowest BCUT2D eigenvalue weighted by Crippen LogP contribution is -2.28. The van der Waals surface area contributed by atoms with E-state index in [9.17, 15) is 0 Å². The fourth-order valence-electron chi connectivity index (χ4n) is 5.27. The molecule has 1 aliphatic heterocycles. The van der Waals surface area contributed by atoms with Gasteiger partial charge < -0.3 is 23.8 Å². The molecule has 0 amide bonds. The smallest absolute Gasteiger partial charge is 0.161 e. The van der Waals surface area contributed by atoms with Gasteiger partial charge in [-0.05, 0) is 65.4 Å². The molecular formula is C28H31Cl2NO4. The highest BCUT2D eigenvalue weighted by Crippen LogP contribution is 2.55. The molecule has 4 atom stereocenters. The Kier molecular flexibility index (Phi) is 7.58. The molecule has 4 rings (SSSR count). The molecule has 0 unspecified atom stereocenters. The molecule has 0 aliphatic carbocycles. The lowest BCUT2D eigenvalue weighted by molar-refractivity contribution is 0.352. The Labute approximate surface area is 217 Å². The Morgan fingerprint density at radius 2 is 0.971 bits per heavy atom. The molecule has 0 bridgehead atoms. The zero-order valence-electron chi connectivity index (χ0n) is 20.8. The van der Waals surface area contributed by atoms with E-state index in [1.165, 1.54) is 0 Å². The van der Waals surface area contributed by atoms with Crippen molar-refractivity contribution in [3.8, 4) is 23.0 Å². The van der Waals surface area contributed by atoms with Crippen molar-refractivity contribution in [2.45, 2.75) is 25.9 Å². The first-order valence-electron chi connectivity index (χ1n) is 11.5. The maximum Gasteiger partial charge on any atom is 0.161 e. The van der Waals surface area contributed by atoms with Gasteiger partial charge in [-0.1, -0.05) is 49.2 Å². The van der Waals surface area contributed by atoms with E-state index in [0.717, 1.165) is 16.8 Å². The fourth-order valence-corrected chi connectivity index (χ4v) is 5.78. The van der Waals surface area contributed by atoms with Gasteiger partial charge in [0.25, 0.3) is 0 Å². The minimum absolute atomic E-state index is 0.0393. The van der Waals surface area contributed by atoms with Crippen LogP contribution in [0.1, 0.15) is 37.1 Å². The maximum absolute atomic E-state index is 6.48. The average molecular weight is 516 g/mol. The van der Waals surface area contributed by atoms with Crippen LogP contribution in [0.25, 0.3) is 0 Å². The Hall–Kier alpha value is -2.76. The van der Waals surface area contributed by atoms with Gasteiger partial charge >= 0.3 is 0 Å². The van der Waals surface area contributed by atoms with E-state index >= 15 is 0 Å². The van der Waals surface area contributed by atoms with Gasteiger partial charge in [-0.2, -0.15) is 0 Å². The molecule has 0 spiro atoms. The van der Waals surface area contributed by atoms with Gasteiger partial charge in [-0.3, -0.25) is 0 Å². The SMILES string of the molecule is COc1ccc([C@H]2[C@H](C)[C@@H](C)[C@H](c3ccc(OC)c(OC)c3)N2c2cc(Cl)cc(Cl)c2)cc1OC. The normalized spacial score (nSPS) is 21.7. The summed E-state index contributed by atoms with van der Waals surface area (Å²) in [7, 11) is 6.60. The number of benzene rings is 3. The zero-order valence-corrected chi connectivity index (χ0v) is 22.4. The third-order valence-corrected chi connectivity index (χ3v) is 7.50. The number of hydrogen-bond acceptors (Lipinski definition) is 5. The van der Waals surface area contributed by atoms with E-state index < -0.39 is 0 Å². The third kappa shape index (κ3) is 4.72. The second kappa shape index (κ2) is 10.5. The van der Waals surface area contributed by atoms with Crippen LogP contribution in [0.4, 0.5) is 5.69 Å². The summed E-state index contributed by atoms with van der Waals surface area (Å²) in [5.41, 5.74) is 3.21. The van der Waals surface area contributed by atoms with Crippen LogP contribution in [0, 0.1) is 11.8 Å². The van der Waals surface area contributed by atoms with E-state index in [1.807, 2.05) is 24.3 Å². The largest absolute Gasteiger partial charge is 0.493 e. The zero-order chi connectivity index (χ0) is 25.3. The van der Waals surface area contributed by atoms with Crippen LogP contribution in [0.3, 0.4) is 0 Å². The predicted molar refractivity (Wildman–Crippen MR) is 142 cm³/mol. The summed E-state index contributed by atoms with van der Waals surface area (Å²) in [6, 6.07) is 18.0. The summed E-state index contributed by atoms with van der Waals surface area (Å²) in [6.45, 7) is 4.57. The van der Waals surface area contributed by atoms with Crippen molar-refractivity contribution in [2.75, 3.05) is 33.3 Å². The summed E-state index contributed by atoms with van der Waals surface area (Å²) >= 11 is 13.0. The molecule has 35 heavy (non-hydrogen) atoms. The van der Waals surface area contributed by atoms with E-state index in [4.69, 9.17) is 42.1 Å². The van der Waals surface area contributed by atoms with Gasteiger partial charge in [-0.25, -0.2) is 0 Å². The first kappa shape index (κ1) is 25.3. The quantitative estimate of drug-likeness (QED) is 0.323. The summed E-state index contributed by atoms with van der Waals surface area (Å²) < 4.78 is 22.2. The molecule has 1 saturated heterocycles. The molecule has 1 heterocycles. The van der Waals surface area contributed by atoms with Crippen molar-refractivity contribution in [3.63, 3.8) is 0 Å². The summed E-state index contributed by atoms with van der Waals surface area (Å²) in [6.07, 6.45) is 0. The number of rotatable bonds is 7. The van der Waals surface area contributed by atoms with Crippen LogP contribution in [-0.4, -0.2) is 28.4 Å². The average Bonchev–Trinajstić information content (AvgIpc) is 3.12. The maximum atomic E-state index is 6.48. The molecule has 0 N–H and O–H groups in total. The molecule has 0 aromatic heterocycles. The third-order valence-electron chi connectivity index (χ3n) is 7.07. The van der Waals surface area contributed by atoms with E-state index in [2.05, 4.69) is 43.0 Å². The van der Waals surface area contributed by atoms with E-state index in [0.29, 0.717) is 44.9 Å². The van der Waals surface area contributed by atoms with Gasteiger partial charge in [0.2, 0.25) is 0 Å². The lowest BCUT2D eigenvalue weighted by Gasteiger charge is -2.35. The molecule has 0 saturated carbocycles. The topological polar surface area (TPSA) is 40.2 Å². The van der Waals surface area contributed by atoms with Crippen molar-refractivity contribution in [1.29, 1.82) is 0 Å². The van der Waals surface area contributed by atoms with Gasteiger partial charge in [0, 0.05) is 15.7 Å². The monoisotopic (exact) mass is 515 g/mol. The Morgan fingerprint density at radius 1 is 0.571 bits per heavy atom. The Balaban J connectivity index is 1.91. The van der Waals surface area contributed by atoms with Gasteiger partial charge in [0.15, 0.2) is 23.0 Å². The predicted octanol–water partition coefficient (Wildman–Crippen LogP) is 7.60. The second-order valence-corrected chi connectivity index (χ2v) is 9.74. The van der Waals surface area contributed by atoms with Crippen molar-refractivity contribution in [2.24, 2.45) is 11.8 Å². The highest BCUT2D eigenvalue weighted by molar-refractivity contribution is 6.35. The molecule has 5 nitrogen and oxygen atoms in total. The van der Waals surface area contributed by atoms with Crippen LogP contribution >= 0.6 is 23.2 Å². The molecule has 3 aromatic rings. The summed E-state index contributed by atoms with van der Waals surface area (Å²) in [5, 5.41) is 1.19. The Morgan fingerprint density at radius 3 is 1.34 bits per heavy atom. The van der Waals surface area contributed by atoms with Crippen LogP contribution in [-0.2, 0) is 0 Å². The molecule has 7 heteroatoms. The van der Waals surface area contributed by atoms with Crippen molar-refractivity contribution < 1.29 is 18.9 Å². The molecule has 186 valence electrons. The first-order chi connectivity index (χ1) is 16.8. The Bertz CT molecular complexity index is 1110. The number of anilines is 1. The number of methoxy groups -OCH3 is 4. The van der Waals surface area contributed by atoms with Crippen molar-refractivity contribution in [1.82, 2.24) is 0 Å². The fraction of sp³-hybridized carbons (Fsp3) is 0.357. The number of halogens is 2. The van der Waals surface area contributed by atoms with E-state index in [1.54, 1.807) is 34.5 Å².